The van der Waals surface area contributed by atoms with E-state index >= 15 is 0 Å². The molecule has 0 fully saturated rings. The quantitative estimate of drug-likeness (QED) is 0.404. The third kappa shape index (κ3) is 6.22. The number of rotatable bonds is 7. The lowest BCUT2D eigenvalue weighted by atomic mass is 10.2. The zero-order chi connectivity index (χ0) is 20.7. The van der Waals surface area contributed by atoms with E-state index in [1.807, 2.05) is 0 Å². The van der Waals surface area contributed by atoms with Crippen LogP contribution in [-0.4, -0.2) is 31.7 Å². The second-order valence-electron chi connectivity index (χ2n) is 5.26. The van der Waals surface area contributed by atoms with Crippen LogP contribution in [-0.2, 0) is 19.3 Å². The van der Waals surface area contributed by atoms with E-state index in [2.05, 4.69) is 25.3 Å². The van der Waals surface area contributed by atoms with Crippen molar-refractivity contribution < 1.29 is 31.4 Å². The van der Waals surface area contributed by atoms with Crippen LogP contribution in [0.15, 0.2) is 28.6 Å². The number of guanidine groups is 1. The van der Waals surface area contributed by atoms with Gasteiger partial charge in [-0.05, 0) is 12.1 Å². The normalized spacial score (nSPS) is 12.2. The second-order valence-corrected chi connectivity index (χ2v) is 6.20. The molecule has 0 amide bonds. The van der Waals surface area contributed by atoms with E-state index in [0.717, 1.165) is 16.7 Å². The minimum absolute atomic E-state index is 0.0173. The molecule has 2 rings (SSSR count). The zero-order valence-corrected chi connectivity index (χ0v) is 15.6. The van der Waals surface area contributed by atoms with Gasteiger partial charge in [-0.2, -0.15) is 22.0 Å². The Morgan fingerprint density at radius 3 is 2.54 bits per heavy atom. The largest absolute Gasteiger partial charge is 0.497 e. The Labute approximate surface area is 161 Å². The van der Waals surface area contributed by atoms with Gasteiger partial charge in [-0.1, -0.05) is 0 Å². The molecule has 0 spiro atoms. The molecular formula is C16H17F5N4O2S. The van der Waals surface area contributed by atoms with Gasteiger partial charge in [0.25, 0.3) is 0 Å². The van der Waals surface area contributed by atoms with Crippen LogP contribution in [0, 0.1) is 0 Å². The summed E-state index contributed by atoms with van der Waals surface area (Å²) in [7, 11) is 2.86. The molecule has 6 nitrogen and oxygen atoms in total. The predicted molar refractivity (Wildman–Crippen MR) is 93.8 cm³/mol. The van der Waals surface area contributed by atoms with Gasteiger partial charge in [0.1, 0.15) is 16.5 Å². The highest BCUT2D eigenvalue weighted by atomic mass is 32.1. The Balaban J connectivity index is 1.97. The van der Waals surface area contributed by atoms with E-state index in [1.54, 1.807) is 12.1 Å². The summed E-state index contributed by atoms with van der Waals surface area (Å²) in [6.45, 7) is -2.91. The Morgan fingerprint density at radius 1 is 1.25 bits per heavy atom. The summed E-state index contributed by atoms with van der Waals surface area (Å²) in [5.41, 5.74) is -0.540. The summed E-state index contributed by atoms with van der Waals surface area (Å²) in [5.74, 6) is 0.542. The van der Waals surface area contributed by atoms with Crippen molar-refractivity contribution in [1.82, 2.24) is 15.6 Å². The number of aliphatic imine (C=N–C) groups is 1. The molecule has 12 heteroatoms. The van der Waals surface area contributed by atoms with Crippen molar-refractivity contribution in [2.24, 2.45) is 4.99 Å². The number of hydrogen-bond donors (Lipinski definition) is 2. The van der Waals surface area contributed by atoms with Crippen molar-refractivity contribution in [2.75, 3.05) is 14.2 Å². The van der Waals surface area contributed by atoms with E-state index in [-0.39, 0.29) is 29.8 Å². The highest BCUT2D eigenvalue weighted by molar-refractivity contribution is 7.09. The van der Waals surface area contributed by atoms with E-state index in [9.17, 15) is 22.0 Å². The van der Waals surface area contributed by atoms with E-state index < -0.39 is 18.5 Å². The third-order valence-corrected chi connectivity index (χ3v) is 4.26. The fourth-order valence-electron chi connectivity index (χ4n) is 2.09. The Bertz CT molecular complexity index is 811. The van der Waals surface area contributed by atoms with Gasteiger partial charge in [0.15, 0.2) is 11.7 Å². The van der Waals surface area contributed by atoms with Crippen molar-refractivity contribution in [2.45, 2.75) is 25.9 Å². The van der Waals surface area contributed by atoms with Crippen molar-refractivity contribution in [1.29, 1.82) is 0 Å². The number of hydrogen-bond acceptors (Lipinski definition) is 5. The molecule has 28 heavy (non-hydrogen) atoms. The molecule has 0 saturated carbocycles. The lowest BCUT2D eigenvalue weighted by molar-refractivity contribution is -0.140. The molecule has 0 unspecified atom stereocenters. The molecular weight excluding hydrogens is 407 g/mol. The first-order valence-corrected chi connectivity index (χ1v) is 8.68. The van der Waals surface area contributed by atoms with Gasteiger partial charge in [0, 0.05) is 30.6 Å². The summed E-state index contributed by atoms with van der Waals surface area (Å²) >= 11 is 0.863. The molecule has 2 N–H and O–H groups in total. The summed E-state index contributed by atoms with van der Waals surface area (Å²) in [5, 5.41) is 6.83. The van der Waals surface area contributed by atoms with Crippen LogP contribution >= 0.6 is 11.3 Å². The maximum Gasteiger partial charge on any atom is 0.434 e. The average Bonchev–Trinajstić information content (AvgIpc) is 3.11. The molecule has 0 aliphatic rings. The number of alkyl halides is 5. The highest BCUT2D eigenvalue weighted by Crippen LogP contribution is 2.30. The summed E-state index contributed by atoms with van der Waals surface area (Å²) < 4.78 is 72.4. The molecule has 154 valence electrons. The van der Waals surface area contributed by atoms with Crippen LogP contribution in [0.3, 0.4) is 0 Å². The summed E-state index contributed by atoms with van der Waals surface area (Å²) in [4.78, 5) is 7.44. The smallest absolute Gasteiger partial charge is 0.434 e. The number of halogens is 5. The zero-order valence-electron chi connectivity index (χ0n) is 14.8. The molecule has 1 aromatic carbocycles. The van der Waals surface area contributed by atoms with Gasteiger partial charge < -0.3 is 20.1 Å². The number of methoxy groups -OCH3 is 1. The van der Waals surface area contributed by atoms with Gasteiger partial charge in [-0.3, -0.25) is 4.99 Å². The lowest BCUT2D eigenvalue weighted by Crippen LogP contribution is -2.36. The van der Waals surface area contributed by atoms with Crippen LogP contribution in [0.25, 0.3) is 0 Å². The SMILES string of the molecule is CN=C(NCc1nc(C(F)(F)F)cs1)NCc1ccc(OC)cc1OC(F)F. The van der Waals surface area contributed by atoms with Crippen LogP contribution in [0.1, 0.15) is 16.3 Å². The first-order chi connectivity index (χ1) is 13.2. The Kier molecular flexibility index (Phi) is 7.38. The maximum absolute atomic E-state index is 12.6. The van der Waals surface area contributed by atoms with Gasteiger partial charge in [0.05, 0.1) is 13.7 Å². The van der Waals surface area contributed by atoms with E-state index in [1.165, 1.54) is 20.2 Å². The third-order valence-electron chi connectivity index (χ3n) is 3.41. The summed E-state index contributed by atoms with van der Waals surface area (Å²) in [6, 6.07) is 4.46. The minimum atomic E-state index is -4.50. The fourth-order valence-corrected chi connectivity index (χ4v) is 2.84. The molecule has 0 atom stereocenters. The average molecular weight is 424 g/mol. The minimum Gasteiger partial charge on any atom is -0.497 e. The number of nitrogens with zero attached hydrogens (tertiary/aromatic N) is 2. The lowest BCUT2D eigenvalue weighted by Gasteiger charge is -2.15. The monoisotopic (exact) mass is 424 g/mol. The van der Waals surface area contributed by atoms with E-state index in [4.69, 9.17) is 4.74 Å². The van der Waals surface area contributed by atoms with Crippen molar-refractivity contribution in [3.63, 3.8) is 0 Å². The van der Waals surface area contributed by atoms with Crippen LogP contribution < -0.4 is 20.1 Å². The number of thiazole rings is 1. The van der Waals surface area contributed by atoms with Gasteiger partial charge in [-0.25, -0.2) is 4.98 Å². The van der Waals surface area contributed by atoms with Crippen molar-refractivity contribution >= 4 is 17.3 Å². The molecule has 0 bridgehead atoms. The van der Waals surface area contributed by atoms with Crippen LogP contribution in [0.4, 0.5) is 22.0 Å². The molecule has 1 aromatic heterocycles. The van der Waals surface area contributed by atoms with E-state index in [0.29, 0.717) is 11.3 Å². The predicted octanol–water partition coefficient (Wildman–Crippen LogP) is 3.64. The first-order valence-electron chi connectivity index (χ1n) is 7.80. The molecule has 1 heterocycles. The van der Waals surface area contributed by atoms with Crippen molar-refractivity contribution in [3.8, 4) is 11.5 Å². The second kappa shape index (κ2) is 9.53. The van der Waals surface area contributed by atoms with Crippen LogP contribution in [0.5, 0.6) is 11.5 Å². The number of nitrogens with one attached hydrogen (secondary N) is 2. The van der Waals surface area contributed by atoms with Gasteiger partial charge >= 0.3 is 12.8 Å². The Morgan fingerprint density at radius 2 is 1.96 bits per heavy atom. The highest BCUT2D eigenvalue weighted by Gasteiger charge is 2.33. The maximum atomic E-state index is 12.6. The number of benzene rings is 1. The number of aromatic nitrogens is 1. The summed E-state index contributed by atoms with van der Waals surface area (Å²) in [6.07, 6.45) is -4.50. The molecule has 2 aromatic rings. The molecule has 0 saturated heterocycles. The van der Waals surface area contributed by atoms with Gasteiger partial charge in [0.2, 0.25) is 0 Å². The van der Waals surface area contributed by atoms with Crippen LogP contribution in [0.2, 0.25) is 0 Å². The number of ether oxygens (including phenoxy) is 2. The van der Waals surface area contributed by atoms with Gasteiger partial charge in [-0.15, -0.1) is 11.3 Å². The fraction of sp³-hybridized carbons (Fsp3) is 0.375. The molecule has 0 aliphatic carbocycles. The standard InChI is InChI=1S/C16H17F5N4O2S/c1-22-15(24-7-13-25-12(8-28-13)16(19,20)21)23-6-9-3-4-10(26-2)5-11(9)27-14(17)18/h3-5,8,14H,6-7H2,1-2H3,(H2,22,23,24). The first kappa shape index (κ1) is 21.7. The van der Waals surface area contributed by atoms with Crippen molar-refractivity contribution in [3.05, 3.63) is 39.8 Å². The Hall–Kier alpha value is -2.63. The molecule has 0 radical (unpaired) electrons. The molecule has 0 aliphatic heterocycles. The topological polar surface area (TPSA) is 67.8 Å².